The predicted octanol–water partition coefficient (Wildman–Crippen LogP) is 3.90. The van der Waals surface area contributed by atoms with Crippen molar-refractivity contribution in [2.75, 3.05) is 13.1 Å². The zero-order valence-electron chi connectivity index (χ0n) is 14.1. The molecule has 0 aliphatic heterocycles. The molecule has 1 heterocycles. The molecule has 1 aromatic carbocycles. The molecule has 1 atom stereocenters. The second-order valence-electron chi connectivity index (χ2n) is 5.27. The summed E-state index contributed by atoms with van der Waals surface area (Å²) in [4.78, 5) is 5.59. The number of hydrogen-bond donors (Lipinski definition) is 3. The lowest BCUT2D eigenvalue weighted by molar-refractivity contribution is -0.0498. The summed E-state index contributed by atoms with van der Waals surface area (Å²) in [7, 11) is 0. The fourth-order valence-corrected chi connectivity index (χ4v) is 3.49. The number of guanidine groups is 1. The molecule has 142 valence electrons. The van der Waals surface area contributed by atoms with Gasteiger partial charge in [-0.15, -0.1) is 11.3 Å². The van der Waals surface area contributed by atoms with Gasteiger partial charge >= 0.3 is 6.61 Å². The minimum Gasteiger partial charge on any atom is -0.435 e. The topological polar surface area (TPSA) is 65.9 Å². The van der Waals surface area contributed by atoms with Crippen LogP contribution in [0.5, 0.6) is 5.75 Å². The van der Waals surface area contributed by atoms with Crippen LogP contribution in [0, 0.1) is 0 Å². The van der Waals surface area contributed by atoms with Crippen molar-refractivity contribution in [3.05, 3.63) is 50.6 Å². The molecule has 0 radical (unpaired) electrons. The first kappa shape index (κ1) is 20.6. The van der Waals surface area contributed by atoms with Crippen LogP contribution in [0.25, 0.3) is 0 Å². The average Bonchev–Trinajstić information content (AvgIpc) is 3.02. The lowest BCUT2D eigenvalue weighted by Gasteiger charge is -2.16. The molecule has 0 saturated heterocycles. The zero-order chi connectivity index (χ0) is 18.9. The standard InChI is InChI=1S/C17H20BrF2N3O2S/c1-2-21-17(22-8-14-7-12(18)10-26-14)23-9-15(24)11-3-5-13(6-4-11)25-16(19)20/h3-7,10,15-16,24H,2,8-9H2,1H3,(H2,21,22,23). The normalized spacial score (nSPS) is 12.9. The first-order valence-electron chi connectivity index (χ1n) is 7.96. The van der Waals surface area contributed by atoms with Crippen molar-refractivity contribution in [3.63, 3.8) is 0 Å². The van der Waals surface area contributed by atoms with Gasteiger partial charge in [0.05, 0.1) is 12.6 Å². The zero-order valence-corrected chi connectivity index (χ0v) is 16.5. The maximum absolute atomic E-state index is 12.2. The highest BCUT2D eigenvalue weighted by Crippen LogP contribution is 2.20. The molecule has 26 heavy (non-hydrogen) atoms. The van der Waals surface area contributed by atoms with Crippen molar-refractivity contribution >= 4 is 33.2 Å². The van der Waals surface area contributed by atoms with Crippen molar-refractivity contribution in [1.29, 1.82) is 0 Å². The minimum absolute atomic E-state index is 0.0564. The van der Waals surface area contributed by atoms with E-state index in [1.165, 1.54) is 12.1 Å². The Morgan fingerprint density at radius 2 is 2.04 bits per heavy atom. The third kappa shape index (κ3) is 6.89. The summed E-state index contributed by atoms with van der Waals surface area (Å²) in [6.45, 7) is 0.540. The Morgan fingerprint density at radius 3 is 2.62 bits per heavy atom. The summed E-state index contributed by atoms with van der Waals surface area (Å²) >= 11 is 5.02. The molecule has 9 heteroatoms. The van der Waals surface area contributed by atoms with Gasteiger partial charge in [-0.3, -0.25) is 0 Å². The lowest BCUT2D eigenvalue weighted by atomic mass is 10.1. The van der Waals surface area contributed by atoms with Crippen molar-refractivity contribution in [2.45, 2.75) is 26.2 Å². The van der Waals surface area contributed by atoms with E-state index in [1.54, 1.807) is 23.5 Å². The van der Waals surface area contributed by atoms with Gasteiger partial charge < -0.3 is 20.5 Å². The number of halogens is 3. The fraction of sp³-hybridized carbons (Fsp3) is 0.353. The monoisotopic (exact) mass is 447 g/mol. The summed E-state index contributed by atoms with van der Waals surface area (Å²) in [5.41, 5.74) is 0.595. The van der Waals surface area contributed by atoms with E-state index < -0.39 is 12.7 Å². The number of nitrogens with one attached hydrogen (secondary N) is 2. The van der Waals surface area contributed by atoms with E-state index in [9.17, 15) is 13.9 Å². The molecule has 0 saturated carbocycles. The SMILES string of the molecule is CCNC(=NCc1cc(Br)cs1)NCC(O)c1ccc(OC(F)F)cc1. The Kier molecular flexibility index (Phi) is 8.27. The van der Waals surface area contributed by atoms with Gasteiger partial charge in [0.1, 0.15) is 5.75 Å². The maximum atomic E-state index is 12.2. The van der Waals surface area contributed by atoms with Gasteiger partial charge in [0, 0.05) is 27.8 Å². The van der Waals surface area contributed by atoms with Crippen molar-refractivity contribution < 1.29 is 18.6 Å². The van der Waals surface area contributed by atoms with Crippen LogP contribution in [0.1, 0.15) is 23.5 Å². The number of rotatable bonds is 8. The summed E-state index contributed by atoms with van der Waals surface area (Å²) in [5, 5.41) is 18.4. The van der Waals surface area contributed by atoms with E-state index in [0.29, 0.717) is 24.6 Å². The third-order valence-corrected chi connectivity index (χ3v) is 4.99. The molecule has 2 aromatic rings. The first-order valence-corrected chi connectivity index (χ1v) is 9.63. The second kappa shape index (κ2) is 10.4. The van der Waals surface area contributed by atoms with Gasteiger partial charge in [0.25, 0.3) is 0 Å². The number of aliphatic imine (C=N–C) groups is 1. The summed E-state index contributed by atoms with van der Waals surface area (Å²) < 4.78 is 29.6. The van der Waals surface area contributed by atoms with Gasteiger partial charge in [-0.05, 0) is 46.6 Å². The van der Waals surface area contributed by atoms with Crippen LogP contribution in [-0.2, 0) is 6.54 Å². The highest BCUT2D eigenvalue weighted by Gasteiger charge is 2.10. The maximum Gasteiger partial charge on any atom is 0.387 e. The van der Waals surface area contributed by atoms with E-state index in [1.807, 2.05) is 18.4 Å². The Bertz CT molecular complexity index is 710. The van der Waals surface area contributed by atoms with Crippen LogP contribution in [-0.4, -0.2) is 30.8 Å². The van der Waals surface area contributed by atoms with Crippen molar-refractivity contribution in [2.24, 2.45) is 4.99 Å². The number of aliphatic hydroxyl groups excluding tert-OH is 1. The largest absolute Gasteiger partial charge is 0.435 e. The number of nitrogens with zero attached hydrogens (tertiary/aromatic N) is 1. The Labute approximate surface area is 163 Å². The molecular weight excluding hydrogens is 428 g/mol. The third-order valence-electron chi connectivity index (χ3n) is 3.31. The van der Waals surface area contributed by atoms with Gasteiger partial charge in [-0.1, -0.05) is 12.1 Å². The molecule has 0 spiro atoms. The minimum atomic E-state index is -2.87. The molecule has 0 aliphatic rings. The number of thiophene rings is 1. The molecule has 0 amide bonds. The number of ether oxygens (including phenoxy) is 1. The Balaban J connectivity index is 1.90. The van der Waals surface area contributed by atoms with Crippen LogP contribution in [0.15, 0.2) is 45.2 Å². The van der Waals surface area contributed by atoms with E-state index in [0.717, 1.165) is 9.35 Å². The molecule has 3 N–H and O–H groups in total. The number of hydrogen-bond acceptors (Lipinski definition) is 4. The van der Waals surface area contributed by atoms with Crippen LogP contribution in [0.3, 0.4) is 0 Å². The molecule has 0 fully saturated rings. The average molecular weight is 448 g/mol. The molecule has 0 aliphatic carbocycles. The molecule has 1 unspecified atom stereocenters. The second-order valence-corrected chi connectivity index (χ2v) is 7.18. The number of benzene rings is 1. The number of alkyl halides is 2. The van der Waals surface area contributed by atoms with Crippen LogP contribution >= 0.6 is 27.3 Å². The molecule has 2 rings (SSSR count). The van der Waals surface area contributed by atoms with Crippen LogP contribution in [0.2, 0.25) is 0 Å². The molecule has 1 aromatic heterocycles. The van der Waals surface area contributed by atoms with Crippen LogP contribution in [0.4, 0.5) is 8.78 Å². The summed E-state index contributed by atoms with van der Waals surface area (Å²) in [6, 6.07) is 7.92. The highest BCUT2D eigenvalue weighted by atomic mass is 79.9. The van der Waals surface area contributed by atoms with E-state index in [2.05, 4.69) is 36.3 Å². The van der Waals surface area contributed by atoms with Gasteiger partial charge in [-0.25, -0.2) is 4.99 Å². The Hall–Kier alpha value is -1.71. The molecule has 5 nitrogen and oxygen atoms in total. The van der Waals surface area contributed by atoms with E-state index >= 15 is 0 Å². The smallest absolute Gasteiger partial charge is 0.387 e. The van der Waals surface area contributed by atoms with Crippen LogP contribution < -0.4 is 15.4 Å². The summed E-state index contributed by atoms with van der Waals surface area (Å²) in [5.74, 6) is 0.648. The predicted molar refractivity (Wildman–Crippen MR) is 103 cm³/mol. The van der Waals surface area contributed by atoms with Gasteiger partial charge in [0.2, 0.25) is 0 Å². The first-order chi connectivity index (χ1) is 12.5. The molecular formula is C17H20BrF2N3O2S. The summed E-state index contributed by atoms with van der Waals surface area (Å²) in [6.07, 6.45) is -0.810. The fourth-order valence-electron chi connectivity index (χ4n) is 2.12. The van der Waals surface area contributed by atoms with E-state index in [-0.39, 0.29) is 12.3 Å². The van der Waals surface area contributed by atoms with Crippen molar-refractivity contribution in [3.8, 4) is 5.75 Å². The Morgan fingerprint density at radius 1 is 1.31 bits per heavy atom. The highest BCUT2D eigenvalue weighted by molar-refractivity contribution is 9.10. The van der Waals surface area contributed by atoms with Crippen molar-refractivity contribution in [1.82, 2.24) is 10.6 Å². The quantitative estimate of drug-likeness (QED) is 0.424. The lowest BCUT2D eigenvalue weighted by Crippen LogP contribution is -2.39. The molecule has 0 bridgehead atoms. The van der Waals surface area contributed by atoms with Gasteiger partial charge in [-0.2, -0.15) is 8.78 Å². The van der Waals surface area contributed by atoms with E-state index in [4.69, 9.17) is 0 Å². The number of aliphatic hydroxyl groups is 1. The van der Waals surface area contributed by atoms with Gasteiger partial charge in [0.15, 0.2) is 5.96 Å².